The number of rotatable bonds is 3. The van der Waals surface area contributed by atoms with Gasteiger partial charge in [0.05, 0.1) is 33.4 Å². The van der Waals surface area contributed by atoms with E-state index in [0.717, 1.165) is 16.5 Å². The smallest absolute Gasteiger partial charge is 0.250 e. The van der Waals surface area contributed by atoms with Crippen molar-refractivity contribution in [1.29, 1.82) is 5.26 Å². The Labute approximate surface area is 153 Å². The average molecular weight is 362 g/mol. The summed E-state index contributed by atoms with van der Waals surface area (Å²) in [5.74, 6) is -0.578. The summed E-state index contributed by atoms with van der Waals surface area (Å²) in [6.07, 6.45) is 6.33. The fraction of sp³-hybridized carbons (Fsp3) is 0.0526. The molecule has 4 rings (SSSR count). The molecule has 0 unspecified atom stereocenters. The first-order valence-corrected chi connectivity index (χ1v) is 8.15. The molecule has 26 heavy (non-hydrogen) atoms. The Bertz CT molecular complexity index is 1220. The first kappa shape index (κ1) is 16.1. The van der Waals surface area contributed by atoms with E-state index < -0.39 is 5.91 Å². The number of hydrogen-bond donors (Lipinski definition) is 1. The van der Waals surface area contributed by atoms with E-state index in [1.54, 1.807) is 18.6 Å². The summed E-state index contributed by atoms with van der Waals surface area (Å²) in [6.45, 7) is 0.489. The van der Waals surface area contributed by atoms with E-state index in [0.29, 0.717) is 33.6 Å². The predicted molar refractivity (Wildman–Crippen MR) is 98.8 cm³/mol. The number of benzene rings is 1. The number of primary amides is 1. The van der Waals surface area contributed by atoms with Crippen molar-refractivity contribution in [1.82, 2.24) is 14.5 Å². The fourth-order valence-electron chi connectivity index (χ4n) is 3.09. The van der Waals surface area contributed by atoms with Crippen molar-refractivity contribution in [2.45, 2.75) is 6.54 Å². The second kappa shape index (κ2) is 6.14. The van der Waals surface area contributed by atoms with Gasteiger partial charge in [-0.25, -0.2) is 0 Å². The Hall–Kier alpha value is -3.43. The molecule has 0 saturated heterocycles. The van der Waals surface area contributed by atoms with Crippen molar-refractivity contribution < 1.29 is 4.79 Å². The number of halogens is 1. The minimum absolute atomic E-state index is 0.310. The summed E-state index contributed by atoms with van der Waals surface area (Å²) in [5, 5.41) is 11.3. The van der Waals surface area contributed by atoms with Crippen LogP contribution >= 0.6 is 11.6 Å². The minimum atomic E-state index is -0.578. The monoisotopic (exact) mass is 361 g/mol. The summed E-state index contributed by atoms with van der Waals surface area (Å²) in [5.41, 5.74) is 8.66. The van der Waals surface area contributed by atoms with Crippen LogP contribution in [0.1, 0.15) is 21.5 Å². The zero-order valence-electron chi connectivity index (χ0n) is 13.5. The molecule has 4 aromatic rings. The molecule has 0 spiro atoms. The summed E-state index contributed by atoms with van der Waals surface area (Å²) < 4.78 is 1.86. The van der Waals surface area contributed by atoms with Crippen LogP contribution in [0, 0.1) is 11.3 Å². The number of nitrogens with zero attached hydrogens (tertiary/aromatic N) is 4. The zero-order valence-corrected chi connectivity index (χ0v) is 14.2. The molecule has 3 heterocycles. The lowest BCUT2D eigenvalue weighted by Crippen LogP contribution is -2.10. The third kappa shape index (κ3) is 2.65. The van der Waals surface area contributed by atoms with Gasteiger partial charge in [-0.15, -0.1) is 0 Å². The SMILES string of the molecule is N#Cc1cncc2c1c(C(N)=O)cn2Cc1ccc2ncc(Cl)cc2c1. The van der Waals surface area contributed by atoms with Crippen molar-refractivity contribution in [3.63, 3.8) is 0 Å². The third-order valence-corrected chi connectivity index (χ3v) is 4.45. The lowest BCUT2D eigenvalue weighted by Gasteiger charge is -2.07. The van der Waals surface area contributed by atoms with Crippen LogP contribution in [0.25, 0.3) is 21.8 Å². The molecule has 126 valence electrons. The van der Waals surface area contributed by atoms with Gasteiger partial charge >= 0.3 is 0 Å². The molecule has 0 aliphatic heterocycles. The van der Waals surface area contributed by atoms with Crippen LogP contribution in [0.4, 0.5) is 0 Å². The molecule has 3 aromatic heterocycles. The fourth-order valence-corrected chi connectivity index (χ4v) is 3.26. The molecule has 0 saturated carbocycles. The normalized spacial score (nSPS) is 10.9. The average Bonchev–Trinajstić information content (AvgIpc) is 3.00. The Kier molecular flexibility index (Phi) is 3.79. The van der Waals surface area contributed by atoms with E-state index >= 15 is 0 Å². The molecular formula is C19H12ClN5O. The minimum Gasteiger partial charge on any atom is -0.366 e. The van der Waals surface area contributed by atoms with Crippen LogP contribution in [0.5, 0.6) is 0 Å². The van der Waals surface area contributed by atoms with Gasteiger partial charge in [-0.3, -0.25) is 14.8 Å². The topological polar surface area (TPSA) is 97.6 Å². The molecule has 0 aliphatic carbocycles. The number of hydrogen-bond acceptors (Lipinski definition) is 4. The van der Waals surface area contributed by atoms with Crippen molar-refractivity contribution in [2.24, 2.45) is 5.73 Å². The second-order valence-electron chi connectivity index (χ2n) is 5.91. The van der Waals surface area contributed by atoms with Crippen molar-refractivity contribution in [3.8, 4) is 6.07 Å². The molecule has 2 N–H and O–H groups in total. The van der Waals surface area contributed by atoms with Gasteiger partial charge in [-0.1, -0.05) is 17.7 Å². The Morgan fingerprint density at radius 1 is 1.27 bits per heavy atom. The highest BCUT2D eigenvalue weighted by Gasteiger charge is 2.17. The second-order valence-corrected chi connectivity index (χ2v) is 6.34. The van der Waals surface area contributed by atoms with E-state index in [-0.39, 0.29) is 0 Å². The molecule has 6 nitrogen and oxygen atoms in total. The number of pyridine rings is 2. The summed E-state index contributed by atoms with van der Waals surface area (Å²) in [7, 11) is 0. The maximum Gasteiger partial charge on any atom is 0.250 e. The molecule has 1 aromatic carbocycles. The largest absolute Gasteiger partial charge is 0.366 e. The summed E-state index contributed by atoms with van der Waals surface area (Å²) >= 11 is 6.02. The Morgan fingerprint density at radius 2 is 2.12 bits per heavy atom. The predicted octanol–water partition coefficient (Wildman–Crippen LogP) is 3.26. The van der Waals surface area contributed by atoms with Gasteiger partial charge in [-0.2, -0.15) is 5.26 Å². The summed E-state index contributed by atoms with van der Waals surface area (Å²) in [6, 6.07) is 9.79. The van der Waals surface area contributed by atoms with Gasteiger partial charge in [0.15, 0.2) is 0 Å². The van der Waals surface area contributed by atoms with Gasteiger partial charge in [0.25, 0.3) is 5.91 Å². The van der Waals surface area contributed by atoms with E-state index in [1.165, 1.54) is 6.20 Å². The van der Waals surface area contributed by atoms with Crippen LogP contribution in [0.2, 0.25) is 5.02 Å². The number of carbonyl (C=O) groups excluding carboxylic acids is 1. The molecule has 7 heteroatoms. The molecule has 1 amide bonds. The number of nitrogens with two attached hydrogens (primary N) is 1. The maximum atomic E-state index is 11.8. The number of aromatic nitrogens is 3. The Morgan fingerprint density at radius 3 is 2.88 bits per heavy atom. The number of fused-ring (bicyclic) bond motifs is 2. The number of carbonyl (C=O) groups is 1. The number of nitriles is 1. The van der Waals surface area contributed by atoms with E-state index in [2.05, 4.69) is 16.0 Å². The molecule has 0 bridgehead atoms. The van der Waals surface area contributed by atoms with Crippen molar-refractivity contribution in [3.05, 3.63) is 70.8 Å². The molecule has 0 atom stereocenters. The lowest BCUT2D eigenvalue weighted by atomic mass is 10.1. The quantitative estimate of drug-likeness (QED) is 0.605. The lowest BCUT2D eigenvalue weighted by molar-refractivity contribution is 0.100. The van der Waals surface area contributed by atoms with Crippen LogP contribution in [-0.2, 0) is 6.54 Å². The van der Waals surface area contributed by atoms with Gasteiger partial charge < -0.3 is 10.3 Å². The molecular weight excluding hydrogens is 350 g/mol. The van der Waals surface area contributed by atoms with Gasteiger partial charge in [0, 0.05) is 35.9 Å². The van der Waals surface area contributed by atoms with Crippen LogP contribution in [0.3, 0.4) is 0 Å². The first-order chi connectivity index (χ1) is 12.6. The summed E-state index contributed by atoms with van der Waals surface area (Å²) in [4.78, 5) is 20.2. The third-order valence-electron chi connectivity index (χ3n) is 4.24. The van der Waals surface area contributed by atoms with Crippen molar-refractivity contribution >= 4 is 39.3 Å². The highest BCUT2D eigenvalue weighted by Crippen LogP contribution is 2.25. The molecule has 0 radical (unpaired) electrons. The standard InChI is InChI=1S/C19H12ClN5O/c20-14-4-12-3-11(1-2-16(12)24-7-14)9-25-10-15(19(22)26)18-13(5-21)6-23-8-17(18)25/h1-4,6-8,10H,9H2,(H2,22,26). The van der Waals surface area contributed by atoms with E-state index in [1.807, 2.05) is 28.8 Å². The molecule has 0 aliphatic rings. The van der Waals surface area contributed by atoms with E-state index in [9.17, 15) is 10.1 Å². The van der Waals surface area contributed by atoms with Crippen LogP contribution < -0.4 is 5.73 Å². The van der Waals surface area contributed by atoms with E-state index in [4.69, 9.17) is 17.3 Å². The van der Waals surface area contributed by atoms with Crippen LogP contribution in [-0.4, -0.2) is 20.4 Å². The van der Waals surface area contributed by atoms with Crippen molar-refractivity contribution in [2.75, 3.05) is 0 Å². The van der Waals surface area contributed by atoms with Gasteiger partial charge in [-0.05, 0) is 23.8 Å². The number of amides is 1. The highest BCUT2D eigenvalue weighted by atomic mass is 35.5. The maximum absolute atomic E-state index is 11.8. The highest BCUT2D eigenvalue weighted by molar-refractivity contribution is 6.31. The van der Waals surface area contributed by atoms with Crippen LogP contribution in [0.15, 0.2) is 49.1 Å². The first-order valence-electron chi connectivity index (χ1n) is 7.78. The zero-order chi connectivity index (χ0) is 18.3. The molecule has 0 fully saturated rings. The van der Waals surface area contributed by atoms with Gasteiger partial charge in [0.1, 0.15) is 6.07 Å². The Balaban J connectivity index is 1.85. The van der Waals surface area contributed by atoms with Gasteiger partial charge in [0.2, 0.25) is 0 Å².